The van der Waals surface area contributed by atoms with Crippen molar-refractivity contribution in [3.8, 4) is 11.5 Å². The third-order valence-corrected chi connectivity index (χ3v) is 8.80. The summed E-state index contributed by atoms with van der Waals surface area (Å²) in [6.45, 7) is 4.83. The summed E-state index contributed by atoms with van der Waals surface area (Å²) in [6.07, 6.45) is 15.9. The van der Waals surface area contributed by atoms with Gasteiger partial charge in [0.15, 0.2) is 6.17 Å². The number of halogens is 2. The van der Waals surface area contributed by atoms with Gasteiger partial charge >= 0.3 is 11.9 Å². The zero-order chi connectivity index (χ0) is 31.6. The Morgan fingerprint density at radius 3 is 2.05 bits per heavy atom. The van der Waals surface area contributed by atoms with Gasteiger partial charge in [0.1, 0.15) is 17.6 Å². The van der Waals surface area contributed by atoms with E-state index in [0.29, 0.717) is 53.9 Å². The van der Waals surface area contributed by atoms with E-state index in [1.165, 1.54) is 51.4 Å². The SMILES string of the molecule is CCCCCCCCCCCCOc1ccc(C(=O)Oc2ccc(C3CCC(OC(=O)[C@@H](F)CCCC)CC3)cc2)cc1Cl. The van der Waals surface area contributed by atoms with Crippen LogP contribution in [0.1, 0.15) is 145 Å². The minimum atomic E-state index is -1.52. The lowest BCUT2D eigenvalue weighted by Gasteiger charge is -2.29. The van der Waals surface area contributed by atoms with Crippen LogP contribution in [0.25, 0.3) is 0 Å². The van der Waals surface area contributed by atoms with Crippen LogP contribution in [-0.4, -0.2) is 30.8 Å². The highest BCUT2D eigenvalue weighted by molar-refractivity contribution is 6.32. The predicted molar refractivity (Wildman–Crippen MR) is 176 cm³/mol. The maximum atomic E-state index is 14.0. The molecule has 0 heterocycles. The summed E-state index contributed by atoms with van der Waals surface area (Å²) in [5, 5.41) is 0.395. The van der Waals surface area contributed by atoms with Crippen LogP contribution in [0.3, 0.4) is 0 Å². The second-order valence-electron chi connectivity index (χ2n) is 12.2. The monoisotopic (exact) mass is 630 g/mol. The number of hydrogen-bond donors (Lipinski definition) is 0. The third-order valence-electron chi connectivity index (χ3n) is 8.51. The summed E-state index contributed by atoms with van der Waals surface area (Å²) in [6, 6.07) is 12.5. The van der Waals surface area contributed by atoms with E-state index in [-0.39, 0.29) is 12.5 Å². The molecule has 2 aromatic rings. The number of rotatable bonds is 20. The first-order valence-corrected chi connectivity index (χ1v) is 17.4. The van der Waals surface area contributed by atoms with Crippen molar-refractivity contribution >= 4 is 23.5 Å². The Morgan fingerprint density at radius 2 is 1.43 bits per heavy atom. The van der Waals surface area contributed by atoms with Crippen molar-refractivity contribution < 1.29 is 28.2 Å². The fraction of sp³-hybridized carbons (Fsp3) is 0.622. The molecule has 5 nitrogen and oxygen atoms in total. The molecule has 0 N–H and O–H groups in total. The molecule has 2 aromatic carbocycles. The highest BCUT2D eigenvalue weighted by Crippen LogP contribution is 2.35. The van der Waals surface area contributed by atoms with Crippen LogP contribution in [0.5, 0.6) is 11.5 Å². The Bertz CT molecular complexity index is 1110. The van der Waals surface area contributed by atoms with Crippen molar-refractivity contribution in [2.75, 3.05) is 6.61 Å². The summed E-state index contributed by atoms with van der Waals surface area (Å²) in [4.78, 5) is 24.8. The second kappa shape index (κ2) is 20.4. The number of carbonyl (C=O) groups is 2. The van der Waals surface area contributed by atoms with Gasteiger partial charge in [0.25, 0.3) is 0 Å². The molecule has 7 heteroatoms. The topological polar surface area (TPSA) is 61.8 Å². The van der Waals surface area contributed by atoms with Crippen molar-refractivity contribution in [1.82, 2.24) is 0 Å². The molecule has 0 spiro atoms. The van der Waals surface area contributed by atoms with E-state index in [4.69, 9.17) is 25.8 Å². The summed E-state index contributed by atoms with van der Waals surface area (Å²) in [5.41, 5.74) is 1.51. The van der Waals surface area contributed by atoms with Crippen molar-refractivity contribution in [3.05, 3.63) is 58.6 Å². The minimum absolute atomic E-state index is 0.220. The van der Waals surface area contributed by atoms with Crippen molar-refractivity contribution in [1.29, 1.82) is 0 Å². The fourth-order valence-electron chi connectivity index (χ4n) is 5.74. The van der Waals surface area contributed by atoms with E-state index in [1.807, 2.05) is 19.1 Å². The third kappa shape index (κ3) is 12.8. The highest BCUT2D eigenvalue weighted by atomic mass is 35.5. The summed E-state index contributed by atoms with van der Waals surface area (Å²) in [7, 11) is 0. The van der Waals surface area contributed by atoms with Crippen LogP contribution < -0.4 is 9.47 Å². The second-order valence-corrected chi connectivity index (χ2v) is 12.6. The van der Waals surface area contributed by atoms with Crippen LogP contribution in [0.2, 0.25) is 5.02 Å². The van der Waals surface area contributed by atoms with Gasteiger partial charge < -0.3 is 14.2 Å². The van der Waals surface area contributed by atoms with Crippen molar-refractivity contribution in [3.63, 3.8) is 0 Å². The Labute approximate surface area is 269 Å². The lowest BCUT2D eigenvalue weighted by Crippen LogP contribution is -2.28. The van der Waals surface area contributed by atoms with E-state index < -0.39 is 18.1 Å². The van der Waals surface area contributed by atoms with E-state index >= 15 is 0 Å². The molecule has 0 radical (unpaired) electrons. The maximum absolute atomic E-state index is 14.0. The number of ether oxygens (including phenoxy) is 3. The minimum Gasteiger partial charge on any atom is -0.492 e. The predicted octanol–water partition coefficient (Wildman–Crippen LogP) is 11.0. The van der Waals surface area contributed by atoms with Gasteiger partial charge in [0.2, 0.25) is 0 Å². The van der Waals surface area contributed by atoms with E-state index in [2.05, 4.69) is 6.92 Å². The van der Waals surface area contributed by atoms with Gasteiger partial charge in [0.05, 0.1) is 17.2 Å². The molecule has 0 aliphatic heterocycles. The van der Waals surface area contributed by atoms with Crippen molar-refractivity contribution in [2.45, 2.75) is 141 Å². The molecular weight excluding hydrogens is 579 g/mol. The molecule has 44 heavy (non-hydrogen) atoms. The van der Waals surface area contributed by atoms with Crippen LogP contribution in [0.15, 0.2) is 42.5 Å². The Hall–Kier alpha value is -2.60. The Balaban J connectivity index is 1.35. The first kappa shape index (κ1) is 35.9. The normalized spacial score (nSPS) is 17.2. The van der Waals surface area contributed by atoms with E-state index in [0.717, 1.165) is 37.7 Å². The first-order valence-electron chi connectivity index (χ1n) is 17.0. The van der Waals surface area contributed by atoms with Gasteiger partial charge in [-0.05, 0) is 80.3 Å². The molecule has 0 saturated heterocycles. The molecule has 1 atom stereocenters. The van der Waals surface area contributed by atoms with Crippen molar-refractivity contribution in [2.24, 2.45) is 0 Å². The Morgan fingerprint density at radius 1 is 0.818 bits per heavy atom. The highest BCUT2D eigenvalue weighted by Gasteiger charge is 2.28. The molecule has 3 rings (SSSR count). The average molecular weight is 631 g/mol. The molecule has 0 amide bonds. The zero-order valence-electron chi connectivity index (χ0n) is 26.8. The van der Waals surface area contributed by atoms with E-state index in [9.17, 15) is 14.0 Å². The average Bonchev–Trinajstić information content (AvgIpc) is 3.03. The Kier molecular flexibility index (Phi) is 16.7. The van der Waals surface area contributed by atoms with Gasteiger partial charge in [-0.15, -0.1) is 0 Å². The first-order chi connectivity index (χ1) is 21.4. The number of alkyl halides is 1. The number of esters is 2. The quantitative estimate of drug-likeness (QED) is 0.0827. The molecule has 244 valence electrons. The largest absolute Gasteiger partial charge is 0.492 e. The van der Waals surface area contributed by atoms with Gasteiger partial charge in [-0.1, -0.05) is 108 Å². The molecule has 1 fully saturated rings. The molecule has 1 aliphatic carbocycles. The maximum Gasteiger partial charge on any atom is 0.343 e. The van der Waals surface area contributed by atoms with E-state index in [1.54, 1.807) is 30.3 Å². The van der Waals surface area contributed by atoms with Crippen LogP contribution in [0, 0.1) is 0 Å². The molecule has 0 aromatic heterocycles. The molecule has 1 saturated carbocycles. The fourth-order valence-corrected chi connectivity index (χ4v) is 5.98. The number of unbranched alkanes of at least 4 members (excludes halogenated alkanes) is 10. The molecule has 0 unspecified atom stereocenters. The number of benzene rings is 2. The van der Waals surface area contributed by atoms with Gasteiger partial charge in [0, 0.05) is 0 Å². The number of hydrogen-bond acceptors (Lipinski definition) is 5. The molecule has 0 bridgehead atoms. The van der Waals surface area contributed by atoms with Gasteiger partial charge in [-0.2, -0.15) is 0 Å². The van der Waals surface area contributed by atoms with Gasteiger partial charge in [-0.25, -0.2) is 14.0 Å². The van der Waals surface area contributed by atoms with Crippen LogP contribution in [-0.2, 0) is 9.53 Å². The smallest absolute Gasteiger partial charge is 0.343 e. The molecule has 1 aliphatic rings. The van der Waals surface area contributed by atoms with Gasteiger partial charge in [-0.3, -0.25) is 0 Å². The zero-order valence-corrected chi connectivity index (χ0v) is 27.6. The summed E-state index contributed by atoms with van der Waals surface area (Å²) in [5.74, 6) is 0.158. The van der Waals surface area contributed by atoms with Crippen LogP contribution >= 0.6 is 11.6 Å². The summed E-state index contributed by atoms with van der Waals surface area (Å²) < 4.78 is 30.8. The number of carbonyl (C=O) groups excluding carboxylic acids is 2. The lowest BCUT2D eigenvalue weighted by atomic mass is 9.83. The molecular formula is C37H52ClFO5. The standard InChI is InChI=1S/C37H52ClFO5/c1-3-5-7-8-9-10-11-12-13-14-26-42-35-25-20-30(27-33(35)38)36(40)43-31-21-16-28(17-22-31)29-18-23-32(24-19-29)44-37(41)34(39)15-6-4-2/h16-17,20-22,25,27,29,32,34H,3-15,18-19,23-24,26H2,1-2H3/t29?,32?,34-/m0/s1. The lowest BCUT2D eigenvalue weighted by molar-refractivity contribution is -0.157. The van der Waals surface area contributed by atoms with Crippen LogP contribution in [0.4, 0.5) is 4.39 Å². The summed E-state index contributed by atoms with van der Waals surface area (Å²) >= 11 is 6.41.